The van der Waals surface area contributed by atoms with Gasteiger partial charge in [0.15, 0.2) is 0 Å². The van der Waals surface area contributed by atoms with Gasteiger partial charge in [-0.05, 0) is 43.9 Å². The molecule has 1 aromatic carbocycles. The number of sulfonamides is 1. The number of benzene rings is 1. The fourth-order valence-electron chi connectivity index (χ4n) is 3.04. The summed E-state index contributed by atoms with van der Waals surface area (Å²) in [6, 6.07) is 3.99. The van der Waals surface area contributed by atoms with Crippen molar-refractivity contribution < 1.29 is 27.8 Å². The Bertz CT molecular complexity index is 697. The molecule has 9 nitrogen and oxygen atoms in total. The summed E-state index contributed by atoms with van der Waals surface area (Å²) in [5.74, 6) is 0. The molecule has 2 rings (SSSR count). The number of nitrogens with zero attached hydrogens (tertiary/aromatic N) is 2. The lowest BCUT2D eigenvalue weighted by atomic mass is 10.2. The van der Waals surface area contributed by atoms with Crippen molar-refractivity contribution in [2.45, 2.75) is 37.1 Å². The van der Waals surface area contributed by atoms with E-state index in [1.54, 1.807) is 14.0 Å². The van der Waals surface area contributed by atoms with Crippen LogP contribution in [0.5, 0.6) is 0 Å². The molecule has 0 unspecified atom stereocenters. The number of hydrogen-bond donors (Lipinski definition) is 1. The molecule has 1 atom stereocenters. The zero-order valence-corrected chi connectivity index (χ0v) is 16.5. The Balaban J connectivity index is 1.97. The second kappa shape index (κ2) is 10.3. The predicted octanol–water partition coefficient (Wildman–Crippen LogP) is 1.87. The van der Waals surface area contributed by atoms with E-state index in [-0.39, 0.29) is 28.6 Å². The first-order valence-electron chi connectivity index (χ1n) is 8.81. The van der Waals surface area contributed by atoms with E-state index >= 15 is 0 Å². The molecule has 0 saturated carbocycles. The fourth-order valence-corrected chi connectivity index (χ4v) is 4.79. The minimum atomic E-state index is -3.76. The van der Waals surface area contributed by atoms with Gasteiger partial charge in [-0.25, -0.2) is 8.42 Å². The lowest BCUT2D eigenvalue weighted by Gasteiger charge is -2.27. The van der Waals surface area contributed by atoms with Gasteiger partial charge in [-0.15, -0.1) is 0 Å². The topological polar surface area (TPSA) is 112 Å². The van der Waals surface area contributed by atoms with Gasteiger partial charge in [0, 0.05) is 19.7 Å². The first kappa shape index (κ1) is 22.0. The van der Waals surface area contributed by atoms with Crippen molar-refractivity contribution in [2.24, 2.45) is 0 Å². The Morgan fingerprint density at radius 3 is 2.74 bits per heavy atom. The summed E-state index contributed by atoms with van der Waals surface area (Å²) >= 11 is 0. The third-order valence-corrected chi connectivity index (χ3v) is 6.46. The van der Waals surface area contributed by atoms with Crippen molar-refractivity contribution in [3.05, 3.63) is 29.0 Å². The average molecular weight is 403 g/mol. The van der Waals surface area contributed by atoms with Crippen molar-refractivity contribution in [2.75, 3.05) is 45.5 Å². The van der Waals surface area contributed by atoms with Gasteiger partial charge in [0.25, 0.3) is 0 Å². The molecule has 1 saturated heterocycles. The molecule has 1 aromatic rings. The van der Waals surface area contributed by atoms with Gasteiger partial charge in [-0.1, -0.05) is 6.07 Å². The Hall–Kier alpha value is -1.27. The molecule has 1 fully saturated rings. The maximum atomic E-state index is 13.0. The third-order valence-electron chi connectivity index (χ3n) is 4.51. The molecule has 27 heavy (non-hydrogen) atoms. The molecule has 0 aromatic heterocycles. The van der Waals surface area contributed by atoms with E-state index in [0.29, 0.717) is 38.3 Å². The molecule has 0 bridgehead atoms. The molecular weight excluding hydrogens is 376 g/mol. The normalized spacial score (nSPS) is 18.1. The zero-order chi connectivity index (χ0) is 19.9. The SMILES string of the molecule is COCCOCOCC[C@H]1CCCN1S(=O)(=O)c1ccc(C)c(N([O-])O)c1. The molecule has 1 aliphatic rings. The van der Waals surface area contributed by atoms with Gasteiger partial charge < -0.3 is 24.6 Å². The highest BCUT2D eigenvalue weighted by molar-refractivity contribution is 7.89. The summed E-state index contributed by atoms with van der Waals surface area (Å²) in [6.07, 6.45) is 2.07. The van der Waals surface area contributed by atoms with Gasteiger partial charge >= 0.3 is 0 Å². The van der Waals surface area contributed by atoms with Gasteiger partial charge in [0.1, 0.15) is 6.79 Å². The van der Waals surface area contributed by atoms with E-state index in [1.165, 1.54) is 22.5 Å². The number of anilines is 1. The summed E-state index contributed by atoms with van der Waals surface area (Å²) in [6.45, 7) is 3.50. The van der Waals surface area contributed by atoms with E-state index in [0.717, 1.165) is 12.8 Å². The fraction of sp³-hybridized carbons (Fsp3) is 0.647. The second-order valence-corrected chi connectivity index (χ2v) is 8.24. The van der Waals surface area contributed by atoms with E-state index < -0.39 is 10.0 Å². The van der Waals surface area contributed by atoms with Crippen LogP contribution in [0, 0.1) is 12.1 Å². The van der Waals surface area contributed by atoms with Crippen molar-refractivity contribution >= 4 is 15.7 Å². The highest BCUT2D eigenvalue weighted by Crippen LogP contribution is 2.30. The maximum absolute atomic E-state index is 13.0. The smallest absolute Gasteiger partial charge is 0.243 e. The van der Waals surface area contributed by atoms with Gasteiger partial charge in [-0.2, -0.15) is 4.31 Å². The minimum Gasteiger partial charge on any atom is -0.733 e. The lowest BCUT2D eigenvalue weighted by Crippen LogP contribution is -2.36. The summed E-state index contributed by atoms with van der Waals surface area (Å²) in [7, 11) is -2.17. The third kappa shape index (κ3) is 5.85. The van der Waals surface area contributed by atoms with Crippen LogP contribution in [0.4, 0.5) is 5.69 Å². The van der Waals surface area contributed by atoms with Gasteiger partial charge in [-0.3, -0.25) is 5.21 Å². The van der Waals surface area contributed by atoms with Crippen LogP contribution in [0.15, 0.2) is 23.1 Å². The van der Waals surface area contributed by atoms with Crippen LogP contribution in [0.25, 0.3) is 0 Å². The van der Waals surface area contributed by atoms with Crippen molar-refractivity contribution in [1.82, 2.24) is 4.31 Å². The molecule has 0 amide bonds. The van der Waals surface area contributed by atoms with Crippen LogP contribution in [0.3, 0.4) is 0 Å². The predicted molar refractivity (Wildman–Crippen MR) is 99.0 cm³/mol. The summed E-state index contributed by atoms with van der Waals surface area (Å²) in [5.41, 5.74) is 0.412. The number of rotatable bonds is 11. The van der Waals surface area contributed by atoms with Crippen LogP contribution in [0.2, 0.25) is 0 Å². The van der Waals surface area contributed by atoms with E-state index in [1.807, 2.05) is 0 Å². The molecule has 1 N–H and O–H groups in total. The highest BCUT2D eigenvalue weighted by Gasteiger charge is 2.35. The number of methoxy groups -OCH3 is 1. The minimum absolute atomic E-state index is 0.00582. The van der Waals surface area contributed by atoms with E-state index in [9.17, 15) is 13.6 Å². The van der Waals surface area contributed by atoms with Gasteiger partial charge in [0.05, 0.1) is 30.4 Å². The monoisotopic (exact) mass is 403 g/mol. The van der Waals surface area contributed by atoms with Crippen LogP contribution >= 0.6 is 0 Å². The molecule has 1 heterocycles. The molecule has 0 spiro atoms. The Kier molecular flexibility index (Phi) is 8.42. The van der Waals surface area contributed by atoms with Gasteiger partial charge in [0.2, 0.25) is 10.0 Å². The molecule has 0 aliphatic carbocycles. The quantitative estimate of drug-likeness (QED) is 0.339. The second-order valence-electron chi connectivity index (χ2n) is 6.35. The Morgan fingerprint density at radius 1 is 1.30 bits per heavy atom. The maximum Gasteiger partial charge on any atom is 0.243 e. The number of ether oxygens (including phenoxy) is 3. The van der Waals surface area contributed by atoms with Crippen molar-refractivity contribution in [3.8, 4) is 0 Å². The average Bonchev–Trinajstić information content (AvgIpc) is 3.10. The largest absolute Gasteiger partial charge is 0.733 e. The Labute approximate surface area is 160 Å². The highest BCUT2D eigenvalue weighted by atomic mass is 32.2. The number of aryl methyl sites for hydroxylation is 1. The molecule has 1 aliphatic heterocycles. The first-order valence-corrected chi connectivity index (χ1v) is 10.2. The van der Waals surface area contributed by atoms with Crippen LogP contribution in [0.1, 0.15) is 24.8 Å². The standard InChI is InChI=1S/C17H27N2O7S/c1-14-5-6-16(12-17(14)19(20)21)27(22,23)18-8-3-4-15(18)7-9-25-13-26-11-10-24-2/h5-6,12,15,20H,3-4,7-11,13H2,1-2H3/q-1/t15-/m1/s1. The van der Waals surface area contributed by atoms with Crippen molar-refractivity contribution in [1.29, 1.82) is 0 Å². The molecular formula is C17H27N2O7S-. The summed E-state index contributed by atoms with van der Waals surface area (Å²) in [4.78, 5) is -0.00582. The van der Waals surface area contributed by atoms with Crippen LogP contribution in [-0.4, -0.2) is 64.2 Å². The Morgan fingerprint density at radius 2 is 2.04 bits per heavy atom. The van der Waals surface area contributed by atoms with E-state index in [2.05, 4.69) is 0 Å². The van der Waals surface area contributed by atoms with E-state index in [4.69, 9.17) is 19.4 Å². The number of hydrogen-bond acceptors (Lipinski definition) is 8. The molecule has 10 heteroatoms. The lowest BCUT2D eigenvalue weighted by molar-refractivity contribution is -0.0679. The van der Waals surface area contributed by atoms with Crippen LogP contribution < -0.4 is 5.23 Å². The summed E-state index contributed by atoms with van der Waals surface area (Å²) < 4.78 is 42.9. The first-order chi connectivity index (χ1) is 12.9. The molecule has 154 valence electrons. The molecule has 0 radical (unpaired) electrons. The summed E-state index contributed by atoms with van der Waals surface area (Å²) in [5, 5.41) is 20.1. The van der Waals surface area contributed by atoms with Crippen LogP contribution in [-0.2, 0) is 24.2 Å². The van der Waals surface area contributed by atoms with Crippen molar-refractivity contribution in [3.63, 3.8) is 0 Å². The zero-order valence-electron chi connectivity index (χ0n) is 15.7.